The van der Waals surface area contributed by atoms with Crippen molar-refractivity contribution in [2.45, 2.75) is 33.2 Å². The molecule has 0 bridgehead atoms. The molecule has 3 N–H and O–H groups in total. The minimum atomic E-state index is -0.915. The molecule has 0 unspecified atom stereocenters. The van der Waals surface area contributed by atoms with Gasteiger partial charge in [-0.1, -0.05) is 12.1 Å². The van der Waals surface area contributed by atoms with Crippen LogP contribution in [-0.4, -0.2) is 30.4 Å². The van der Waals surface area contributed by atoms with Crippen molar-refractivity contribution in [3.63, 3.8) is 0 Å². The second kappa shape index (κ2) is 8.66. The summed E-state index contributed by atoms with van der Waals surface area (Å²) in [6.07, 6.45) is 0.0556. The summed E-state index contributed by atoms with van der Waals surface area (Å²) in [6, 6.07) is 7.30. The number of carbonyl (C=O) groups is 3. The number of ether oxygens (including phenoxy) is 1. The number of hydrogen-bond acceptors (Lipinski definition) is 4. The van der Waals surface area contributed by atoms with Crippen molar-refractivity contribution in [1.29, 1.82) is 0 Å². The molecular weight excluding hydrogens is 286 g/mol. The maximum atomic E-state index is 11.5. The second-order valence-corrected chi connectivity index (χ2v) is 5.05. The monoisotopic (exact) mass is 307 g/mol. The largest absolute Gasteiger partial charge is 0.493 e. The third kappa shape index (κ3) is 6.74. The van der Waals surface area contributed by atoms with E-state index in [1.165, 1.54) is 0 Å². The van der Waals surface area contributed by atoms with Crippen LogP contribution < -0.4 is 20.9 Å². The van der Waals surface area contributed by atoms with Gasteiger partial charge >= 0.3 is 11.8 Å². The normalized spacial score (nSPS) is 10.0. The molecule has 0 fully saturated rings. The van der Waals surface area contributed by atoms with Crippen LogP contribution in [0, 0.1) is 6.92 Å². The summed E-state index contributed by atoms with van der Waals surface area (Å²) in [4.78, 5) is 34.2. The second-order valence-electron chi connectivity index (χ2n) is 5.05. The van der Waals surface area contributed by atoms with E-state index in [0.29, 0.717) is 5.75 Å². The van der Waals surface area contributed by atoms with Gasteiger partial charge in [-0.05, 0) is 38.5 Å². The first-order valence-electron chi connectivity index (χ1n) is 6.97. The Morgan fingerprint density at radius 1 is 1.14 bits per heavy atom. The highest BCUT2D eigenvalue weighted by Gasteiger charge is 2.14. The van der Waals surface area contributed by atoms with Gasteiger partial charge in [0.1, 0.15) is 5.75 Å². The summed E-state index contributed by atoms with van der Waals surface area (Å²) in [5, 5.41) is 2.41. The van der Waals surface area contributed by atoms with Crippen molar-refractivity contribution in [2.75, 3.05) is 6.61 Å². The van der Waals surface area contributed by atoms with Gasteiger partial charge in [-0.15, -0.1) is 0 Å². The van der Waals surface area contributed by atoms with E-state index in [1.54, 1.807) is 19.9 Å². The SMILES string of the molecule is Cc1cccc(OCCC(=O)NNC(=O)C(=O)NC(C)C)c1. The van der Waals surface area contributed by atoms with E-state index in [4.69, 9.17) is 4.74 Å². The summed E-state index contributed by atoms with van der Waals surface area (Å²) in [5.74, 6) is -1.49. The van der Waals surface area contributed by atoms with Crippen LogP contribution in [0.15, 0.2) is 24.3 Å². The number of rotatable bonds is 5. The van der Waals surface area contributed by atoms with E-state index >= 15 is 0 Å². The number of benzene rings is 1. The van der Waals surface area contributed by atoms with E-state index in [2.05, 4.69) is 10.7 Å². The molecule has 0 aliphatic rings. The Hall–Kier alpha value is -2.57. The molecule has 0 spiro atoms. The summed E-state index contributed by atoms with van der Waals surface area (Å²) in [6.45, 7) is 5.57. The average Bonchev–Trinajstić information content (AvgIpc) is 2.44. The number of hydrazine groups is 1. The first kappa shape index (κ1) is 17.5. The Morgan fingerprint density at radius 2 is 1.86 bits per heavy atom. The van der Waals surface area contributed by atoms with Crippen molar-refractivity contribution >= 4 is 17.7 Å². The molecule has 22 heavy (non-hydrogen) atoms. The molecule has 3 amide bonds. The van der Waals surface area contributed by atoms with Crippen molar-refractivity contribution < 1.29 is 19.1 Å². The molecule has 1 aromatic carbocycles. The zero-order chi connectivity index (χ0) is 16.5. The first-order valence-corrected chi connectivity index (χ1v) is 6.97. The van der Waals surface area contributed by atoms with Crippen molar-refractivity contribution in [3.05, 3.63) is 29.8 Å². The summed E-state index contributed by atoms with van der Waals surface area (Å²) in [5.41, 5.74) is 5.25. The van der Waals surface area contributed by atoms with E-state index in [-0.39, 0.29) is 19.1 Å². The molecule has 120 valence electrons. The van der Waals surface area contributed by atoms with Crippen LogP contribution in [0.1, 0.15) is 25.8 Å². The zero-order valence-electron chi connectivity index (χ0n) is 12.9. The molecule has 0 aliphatic carbocycles. The molecule has 1 rings (SSSR count). The van der Waals surface area contributed by atoms with Crippen LogP contribution in [0.5, 0.6) is 5.75 Å². The average molecular weight is 307 g/mol. The van der Waals surface area contributed by atoms with Gasteiger partial charge in [0, 0.05) is 6.04 Å². The lowest BCUT2D eigenvalue weighted by molar-refractivity contribution is -0.141. The third-order valence-corrected chi connectivity index (χ3v) is 2.53. The predicted octanol–water partition coefficient (Wildman–Crippen LogP) is 0.436. The maximum absolute atomic E-state index is 11.5. The van der Waals surface area contributed by atoms with Crippen LogP contribution in [-0.2, 0) is 14.4 Å². The molecule has 0 saturated carbocycles. The first-order chi connectivity index (χ1) is 10.4. The van der Waals surface area contributed by atoms with Gasteiger partial charge in [0.2, 0.25) is 5.91 Å². The number of aryl methyl sites for hydroxylation is 1. The topological polar surface area (TPSA) is 96.5 Å². The van der Waals surface area contributed by atoms with Crippen molar-refractivity contribution in [1.82, 2.24) is 16.2 Å². The quantitative estimate of drug-likeness (QED) is 0.543. The highest BCUT2D eigenvalue weighted by molar-refractivity contribution is 6.35. The van der Waals surface area contributed by atoms with Crippen LogP contribution in [0.4, 0.5) is 0 Å². The van der Waals surface area contributed by atoms with E-state index in [9.17, 15) is 14.4 Å². The third-order valence-electron chi connectivity index (χ3n) is 2.53. The van der Waals surface area contributed by atoms with Gasteiger partial charge in [0.05, 0.1) is 13.0 Å². The smallest absolute Gasteiger partial charge is 0.327 e. The molecule has 1 aromatic rings. The van der Waals surface area contributed by atoms with Crippen molar-refractivity contribution in [2.24, 2.45) is 0 Å². The molecule has 0 radical (unpaired) electrons. The molecule has 0 atom stereocenters. The molecule has 0 saturated heterocycles. The Bertz CT molecular complexity index is 543. The fraction of sp³-hybridized carbons (Fsp3) is 0.400. The number of carbonyl (C=O) groups excluding carboxylic acids is 3. The summed E-state index contributed by atoms with van der Waals surface area (Å²) in [7, 11) is 0. The lowest BCUT2D eigenvalue weighted by Gasteiger charge is -2.10. The lowest BCUT2D eigenvalue weighted by atomic mass is 10.2. The maximum Gasteiger partial charge on any atom is 0.327 e. The minimum absolute atomic E-state index is 0.0556. The van der Waals surface area contributed by atoms with Gasteiger partial charge in [-0.25, -0.2) is 0 Å². The molecule has 0 aromatic heterocycles. The van der Waals surface area contributed by atoms with E-state index < -0.39 is 17.7 Å². The Balaban J connectivity index is 2.23. The molecule has 0 heterocycles. The van der Waals surface area contributed by atoms with E-state index in [0.717, 1.165) is 5.56 Å². The Labute approximate surface area is 129 Å². The van der Waals surface area contributed by atoms with Gasteiger partial charge in [0.25, 0.3) is 0 Å². The summed E-state index contributed by atoms with van der Waals surface area (Å²) >= 11 is 0. The Morgan fingerprint density at radius 3 is 2.50 bits per heavy atom. The number of hydrogen-bond donors (Lipinski definition) is 3. The van der Waals surface area contributed by atoms with Gasteiger partial charge in [-0.3, -0.25) is 25.2 Å². The molecule has 7 heteroatoms. The molecule has 7 nitrogen and oxygen atoms in total. The van der Waals surface area contributed by atoms with E-state index in [1.807, 2.05) is 30.5 Å². The molecular formula is C15H21N3O4. The Kier molecular flexibility index (Phi) is 6.88. The zero-order valence-corrected chi connectivity index (χ0v) is 12.9. The van der Waals surface area contributed by atoms with Crippen LogP contribution >= 0.6 is 0 Å². The van der Waals surface area contributed by atoms with Crippen LogP contribution in [0.25, 0.3) is 0 Å². The van der Waals surface area contributed by atoms with Crippen molar-refractivity contribution in [3.8, 4) is 5.75 Å². The highest BCUT2D eigenvalue weighted by atomic mass is 16.5. The standard InChI is InChI=1S/C15H21N3O4/c1-10(2)16-14(20)15(21)18-17-13(19)7-8-22-12-6-4-5-11(3)9-12/h4-6,9-10H,7-8H2,1-3H3,(H,16,20)(H,17,19)(H,18,21). The van der Waals surface area contributed by atoms with Crippen LogP contribution in [0.2, 0.25) is 0 Å². The summed E-state index contributed by atoms with van der Waals surface area (Å²) < 4.78 is 5.41. The van der Waals surface area contributed by atoms with Crippen LogP contribution in [0.3, 0.4) is 0 Å². The fourth-order valence-electron chi connectivity index (χ4n) is 1.54. The van der Waals surface area contributed by atoms with Gasteiger partial charge < -0.3 is 10.1 Å². The number of amides is 3. The fourth-order valence-corrected chi connectivity index (χ4v) is 1.54. The molecule has 0 aliphatic heterocycles. The lowest BCUT2D eigenvalue weighted by Crippen LogP contribution is -2.49. The number of nitrogens with one attached hydrogen (secondary N) is 3. The minimum Gasteiger partial charge on any atom is -0.493 e. The predicted molar refractivity (Wildman–Crippen MR) is 80.9 cm³/mol. The van der Waals surface area contributed by atoms with Gasteiger partial charge in [0.15, 0.2) is 0 Å². The highest BCUT2D eigenvalue weighted by Crippen LogP contribution is 2.12. The van der Waals surface area contributed by atoms with Gasteiger partial charge in [-0.2, -0.15) is 0 Å².